The third-order valence-corrected chi connectivity index (χ3v) is 2.37. The zero-order chi connectivity index (χ0) is 13.1. The highest BCUT2D eigenvalue weighted by Crippen LogP contribution is 2.19. The maximum atomic E-state index is 10.7. The second kappa shape index (κ2) is 5.11. The van der Waals surface area contributed by atoms with Crippen LogP contribution in [0, 0.1) is 0 Å². The summed E-state index contributed by atoms with van der Waals surface area (Å²) in [5.41, 5.74) is 11.2. The molecule has 0 unspecified atom stereocenters. The van der Waals surface area contributed by atoms with Crippen molar-refractivity contribution in [3.63, 3.8) is 0 Å². The van der Waals surface area contributed by atoms with Crippen molar-refractivity contribution in [2.45, 2.75) is 12.5 Å². The quantitative estimate of drug-likeness (QED) is 0.839. The van der Waals surface area contributed by atoms with Gasteiger partial charge in [-0.15, -0.1) is 0 Å². The number of pyridine rings is 1. The van der Waals surface area contributed by atoms with Crippen molar-refractivity contribution < 1.29 is 9.32 Å². The average Bonchev–Trinajstić information content (AvgIpc) is 2.77. The first-order valence-electron chi connectivity index (χ1n) is 5.05. The summed E-state index contributed by atoms with van der Waals surface area (Å²) in [5.74, 6) is -0.152. The molecule has 0 fully saturated rings. The van der Waals surface area contributed by atoms with Gasteiger partial charge in [-0.3, -0.25) is 9.78 Å². The molecule has 2 heterocycles. The predicted molar refractivity (Wildman–Crippen MR) is 63.3 cm³/mol. The van der Waals surface area contributed by atoms with Gasteiger partial charge in [-0.25, -0.2) is 0 Å². The van der Waals surface area contributed by atoms with E-state index in [4.69, 9.17) is 27.6 Å². The van der Waals surface area contributed by atoms with Crippen LogP contribution in [-0.4, -0.2) is 21.0 Å². The molecule has 18 heavy (non-hydrogen) atoms. The van der Waals surface area contributed by atoms with Crippen molar-refractivity contribution in [1.82, 2.24) is 15.1 Å². The van der Waals surface area contributed by atoms with Gasteiger partial charge in [0.25, 0.3) is 0 Å². The SMILES string of the molecule is NC(=O)C[C@H](N)c1nc(-c2cc(Cl)ccn2)no1. The van der Waals surface area contributed by atoms with Gasteiger partial charge in [-0.05, 0) is 12.1 Å². The van der Waals surface area contributed by atoms with Crippen LogP contribution in [0.5, 0.6) is 0 Å². The molecular formula is C10H10ClN5O2. The van der Waals surface area contributed by atoms with Crippen LogP contribution in [0.4, 0.5) is 0 Å². The van der Waals surface area contributed by atoms with E-state index in [9.17, 15) is 4.79 Å². The van der Waals surface area contributed by atoms with Crippen LogP contribution in [-0.2, 0) is 4.79 Å². The zero-order valence-corrected chi connectivity index (χ0v) is 9.96. The predicted octanol–water partition coefficient (Wildman–Crippen LogP) is 0.660. The van der Waals surface area contributed by atoms with Crippen molar-refractivity contribution in [3.8, 4) is 11.5 Å². The first-order chi connectivity index (χ1) is 8.56. The summed E-state index contributed by atoms with van der Waals surface area (Å²) in [6.07, 6.45) is 1.46. The second-order valence-corrected chi connectivity index (χ2v) is 4.03. The Balaban J connectivity index is 2.22. The number of hydrogen-bond donors (Lipinski definition) is 2. The Hall–Kier alpha value is -1.99. The molecule has 8 heteroatoms. The number of amides is 1. The number of halogens is 1. The standard InChI is InChI=1S/C10H10ClN5O2/c11-5-1-2-14-7(3-5)9-15-10(18-16-9)6(12)4-8(13)17/h1-3,6H,4,12H2,(H2,13,17)/t6-/m0/s1. The lowest BCUT2D eigenvalue weighted by molar-refractivity contribution is -0.118. The molecule has 94 valence electrons. The second-order valence-electron chi connectivity index (χ2n) is 3.59. The fourth-order valence-electron chi connectivity index (χ4n) is 1.32. The van der Waals surface area contributed by atoms with E-state index in [1.807, 2.05) is 0 Å². The van der Waals surface area contributed by atoms with Crippen LogP contribution in [0.2, 0.25) is 5.02 Å². The maximum absolute atomic E-state index is 10.7. The Morgan fingerprint density at radius 2 is 2.33 bits per heavy atom. The molecular weight excluding hydrogens is 258 g/mol. The fraction of sp³-hybridized carbons (Fsp3) is 0.200. The Kier molecular flexibility index (Phi) is 3.54. The van der Waals surface area contributed by atoms with Gasteiger partial charge >= 0.3 is 0 Å². The highest BCUT2D eigenvalue weighted by Gasteiger charge is 2.18. The largest absolute Gasteiger partial charge is 0.370 e. The Morgan fingerprint density at radius 1 is 1.56 bits per heavy atom. The monoisotopic (exact) mass is 267 g/mol. The van der Waals surface area contributed by atoms with Crippen molar-refractivity contribution in [3.05, 3.63) is 29.2 Å². The van der Waals surface area contributed by atoms with E-state index >= 15 is 0 Å². The molecule has 0 saturated carbocycles. The summed E-state index contributed by atoms with van der Waals surface area (Å²) >= 11 is 5.82. The fourth-order valence-corrected chi connectivity index (χ4v) is 1.48. The molecule has 0 aliphatic carbocycles. The number of aromatic nitrogens is 3. The van der Waals surface area contributed by atoms with Crippen LogP contribution < -0.4 is 11.5 Å². The normalized spacial score (nSPS) is 12.3. The van der Waals surface area contributed by atoms with Crippen molar-refractivity contribution >= 4 is 17.5 Å². The lowest BCUT2D eigenvalue weighted by atomic mass is 10.2. The molecule has 2 aromatic heterocycles. The van der Waals surface area contributed by atoms with Gasteiger partial charge in [-0.2, -0.15) is 4.98 Å². The maximum Gasteiger partial charge on any atom is 0.244 e. The first kappa shape index (κ1) is 12.5. The average molecular weight is 268 g/mol. The van der Waals surface area contributed by atoms with Gasteiger partial charge in [-0.1, -0.05) is 16.8 Å². The molecule has 0 bridgehead atoms. The van der Waals surface area contributed by atoms with Gasteiger partial charge in [0.15, 0.2) is 0 Å². The van der Waals surface area contributed by atoms with Gasteiger partial charge in [0.1, 0.15) is 5.69 Å². The lowest BCUT2D eigenvalue weighted by Gasteiger charge is -2.01. The molecule has 0 aliphatic rings. The molecule has 1 amide bonds. The van der Waals surface area contributed by atoms with Gasteiger partial charge < -0.3 is 16.0 Å². The van der Waals surface area contributed by atoms with Crippen molar-refractivity contribution in [1.29, 1.82) is 0 Å². The minimum absolute atomic E-state index is 0.0649. The summed E-state index contributed by atoms with van der Waals surface area (Å²) in [6.45, 7) is 0. The van der Waals surface area contributed by atoms with Crippen LogP contribution in [0.1, 0.15) is 18.4 Å². The van der Waals surface area contributed by atoms with E-state index < -0.39 is 11.9 Å². The van der Waals surface area contributed by atoms with Crippen LogP contribution in [0.15, 0.2) is 22.9 Å². The highest BCUT2D eigenvalue weighted by atomic mass is 35.5. The number of primary amides is 1. The number of carbonyl (C=O) groups is 1. The summed E-state index contributed by atoms with van der Waals surface area (Å²) in [5, 5.41) is 4.22. The van der Waals surface area contributed by atoms with Crippen LogP contribution in [0.25, 0.3) is 11.5 Å². The van der Waals surface area contributed by atoms with E-state index in [0.717, 1.165) is 0 Å². The lowest BCUT2D eigenvalue weighted by Crippen LogP contribution is -2.20. The third-order valence-electron chi connectivity index (χ3n) is 2.13. The van der Waals surface area contributed by atoms with Crippen LogP contribution in [0.3, 0.4) is 0 Å². The van der Waals surface area contributed by atoms with Crippen molar-refractivity contribution in [2.24, 2.45) is 11.5 Å². The molecule has 7 nitrogen and oxygen atoms in total. The van der Waals surface area contributed by atoms with Crippen molar-refractivity contribution in [2.75, 3.05) is 0 Å². The smallest absolute Gasteiger partial charge is 0.244 e. The number of nitrogens with two attached hydrogens (primary N) is 2. The molecule has 0 spiro atoms. The third kappa shape index (κ3) is 2.82. The molecule has 4 N–H and O–H groups in total. The summed E-state index contributed by atoms with van der Waals surface area (Å²) in [7, 11) is 0. The van der Waals surface area contributed by atoms with Crippen LogP contribution >= 0.6 is 11.6 Å². The van der Waals surface area contributed by atoms with E-state index in [-0.39, 0.29) is 18.1 Å². The minimum atomic E-state index is -0.720. The Morgan fingerprint density at radius 3 is 3.00 bits per heavy atom. The molecule has 0 saturated heterocycles. The highest BCUT2D eigenvalue weighted by molar-refractivity contribution is 6.30. The first-order valence-corrected chi connectivity index (χ1v) is 5.43. The summed E-state index contributed by atoms with van der Waals surface area (Å²) < 4.78 is 4.94. The molecule has 0 radical (unpaired) electrons. The molecule has 2 aromatic rings. The number of carbonyl (C=O) groups excluding carboxylic acids is 1. The number of nitrogens with zero attached hydrogens (tertiary/aromatic N) is 3. The Labute approximate surface area is 107 Å². The molecule has 0 aliphatic heterocycles. The van der Waals surface area contributed by atoms with E-state index in [2.05, 4.69) is 15.1 Å². The van der Waals surface area contributed by atoms with E-state index in [1.54, 1.807) is 12.1 Å². The zero-order valence-electron chi connectivity index (χ0n) is 9.21. The topological polar surface area (TPSA) is 121 Å². The number of hydrogen-bond acceptors (Lipinski definition) is 6. The van der Waals surface area contributed by atoms with E-state index in [1.165, 1.54) is 6.20 Å². The number of rotatable bonds is 4. The molecule has 2 rings (SSSR count). The summed E-state index contributed by atoms with van der Waals surface area (Å²) in [4.78, 5) is 18.8. The molecule has 1 atom stereocenters. The van der Waals surface area contributed by atoms with Gasteiger partial charge in [0.2, 0.25) is 17.6 Å². The van der Waals surface area contributed by atoms with Gasteiger partial charge in [0, 0.05) is 11.2 Å². The Bertz CT molecular complexity index is 571. The van der Waals surface area contributed by atoms with Gasteiger partial charge in [0.05, 0.1) is 12.5 Å². The minimum Gasteiger partial charge on any atom is -0.370 e. The summed E-state index contributed by atoms with van der Waals surface area (Å²) in [6, 6.07) is 2.50. The molecule has 0 aromatic carbocycles. The van der Waals surface area contributed by atoms with E-state index in [0.29, 0.717) is 10.7 Å².